The molecule has 0 saturated carbocycles. The lowest BCUT2D eigenvalue weighted by molar-refractivity contribution is -0.148. The van der Waals surface area contributed by atoms with Crippen LogP contribution in [0.25, 0.3) is 0 Å². The zero-order chi connectivity index (χ0) is 16.7. The van der Waals surface area contributed by atoms with Gasteiger partial charge in [0.15, 0.2) is 11.2 Å². The zero-order valence-electron chi connectivity index (χ0n) is 12.6. The summed E-state index contributed by atoms with van der Waals surface area (Å²) in [4.78, 5) is 38.1. The number of nitrogens with one attached hydrogen (secondary N) is 2. The monoisotopic (exact) mass is 329 g/mol. The summed E-state index contributed by atoms with van der Waals surface area (Å²) in [6.07, 6.45) is -1.08. The van der Waals surface area contributed by atoms with Crippen molar-refractivity contribution in [2.45, 2.75) is 26.4 Å². The van der Waals surface area contributed by atoms with Gasteiger partial charge in [-0.3, -0.25) is 9.59 Å². The van der Waals surface area contributed by atoms with Gasteiger partial charge in [0, 0.05) is 18.4 Å². The Morgan fingerprint density at radius 1 is 1.41 bits per heavy atom. The number of carbonyl (C=O) groups is 3. The van der Waals surface area contributed by atoms with Crippen molar-refractivity contribution >= 4 is 34.3 Å². The Morgan fingerprint density at radius 3 is 2.64 bits per heavy atom. The molecule has 1 atom stereocenters. The quantitative estimate of drug-likeness (QED) is 0.639. The van der Waals surface area contributed by atoms with Gasteiger partial charge in [0.2, 0.25) is 11.8 Å². The van der Waals surface area contributed by atoms with Crippen LogP contribution in [0.3, 0.4) is 0 Å². The normalized spacial score (nSPS) is 12.0. The molecule has 0 radical (unpaired) electrons. The fraction of sp³-hybridized carbons (Fsp3) is 0.538. The predicted octanol–water partition coefficient (Wildman–Crippen LogP) is 0.496. The molecule has 1 heterocycles. The lowest BCUT2D eigenvalue weighted by Crippen LogP contribution is -2.38. The number of carboxylic acid groups (broad SMARTS) is 1. The molecule has 1 rings (SSSR count). The van der Waals surface area contributed by atoms with E-state index in [9.17, 15) is 14.4 Å². The van der Waals surface area contributed by atoms with Crippen LogP contribution in [0, 0.1) is 5.92 Å². The van der Waals surface area contributed by atoms with Crippen molar-refractivity contribution in [1.29, 1.82) is 0 Å². The molecule has 1 aromatic heterocycles. The number of carboxylic acids is 1. The number of aromatic nitrogens is 1. The number of carbonyl (C=O) groups excluding carboxylic acids is 2. The molecule has 0 bridgehead atoms. The summed E-state index contributed by atoms with van der Waals surface area (Å²) >= 11 is 1.23. The van der Waals surface area contributed by atoms with Gasteiger partial charge in [-0.05, 0) is 0 Å². The second-order valence-electron chi connectivity index (χ2n) is 4.83. The minimum absolute atomic E-state index is 0.00407. The van der Waals surface area contributed by atoms with Crippen molar-refractivity contribution < 1.29 is 24.2 Å². The Bertz CT molecular complexity index is 544. The molecule has 0 aliphatic carbocycles. The first-order valence-corrected chi connectivity index (χ1v) is 7.49. The Balaban J connectivity index is 2.47. The summed E-state index contributed by atoms with van der Waals surface area (Å²) in [6, 6.07) is 0. The van der Waals surface area contributed by atoms with Crippen LogP contribution in [0.1, 0.15) is 19.5 Å². The maximum atomic E-state index is 11.7. The number of nitrogens with zero attached hydrogens (tertiary/aromatic N) is 1. The molecule has 0 aromatic carbocycles. The highest BCUT2D eigenvalue weighted by atomic mass is 32.1. The Labute approximate surface area is 131 Å². The average molecular weight is 329 g/mol. The first kappa shape index (κ1) is 18.1. The number of rotatable bonds is 8. The maximum absolute atomic E-state index is 11.7. The number of thiazole rings is 1. The molecule has 1 aromatic rings. The van der Waals surface area contributed by atoms with Crippen molar-refractivity contribution in [2.75, 3.05) is 19.0 Å². The molecular formula is C13H19N3O5S. The lowest BCUT2D eigenvalue weighted by Gasteiger charge is -2.10. The molecule has 9 heteroatoms. The van der Waals surface area contributed by atoms with E-state index in [1.165, 1.54) is 18.4 Å². The van der Waals surface area contributed by atoms with E-state index in [0.29, 0.717) is 10.8 Å². The van der Waals surface area contributed by atoms with Gasteiger partial charge in [-0.2, -0.15) is 0 Å². The number of hydrogen-bond acceptors (Lipinski definition) is 6. The average Bonchev–Trinajstić information content (AvgIpc) is 2.85. The third-order valence-electron chi connectivity index (χ3n) is 2.69. The molecular weight excluding hydrogens is 310 g/mol. The molecule has 0 saturated heterocycles. The topological polar surface area (TPSA) is 118 Å². The van der Waals surface area contributed by atoms with E-state index in [2.05, 4.69) is 15.6 Å². The highest BCUT2D eigenvalue weighted by molar-refractivity contribution is 7.13. The number of anilines is 1. The van der Waals surface area contributed by atoms with Crippen LogP contribution in [0.2, 0.25) is 0 Å². The molecule has 0 aliphatic rings. The molecule has 122 valence electrons. The Morgan fingerprint density at radius 2 is 2.09 bits per heavy atom. The van der Waals surface area contributed by atoms with Crippen LogP contribution in [0.15, 0.2) is 5.38 Å². The maximum Gasteiger partial charge on any atom is 0.334 e. The summed E-state index contributed by atoms with van der Waals surface area (Å²) in [5, 5.41) is 16.0. The SMILES string of the molecule is COC(CNC(=O)Cc1csc(NC(=O)C(C)C)n1)C(=O)O. The smallest absolute Gasteiger partial charge is 0.334 e. The molecule has 22 heavy (non-hydrogen) atoms. The van der Waals surface area contributed by atoms with Crippen molar-refractivity contribution in [3.63, 3.8) is 0 Å². The van der Waals surface area contributed by atoms with Gasteiger partial charge in [-0.25, -0.2) is 9.78 Å². The molecule has 3 N–H and O–H groups in total. The summed E-state index contributed by atoms with van der Waals surface area (Å²) in [5.74, 6) is -1.81. The van der Waals surface area contributed by atoms with Crippen molar-refractivity contribution in [2.24, 2.45) is 5.92 Å². The van der Waals surface area contributed by atoms with Crippen molar-refractivity contribution in [3.8, 4) is 0 Å². The Hall–Kier alpha value is -2.00. The third kappa shape index (κ3) is 5.78. The van der Waals surface area contributed by atoms with Gasteiger partial charge < -0.3 is 20.5 Å². The first-order chi connectivity index (χ1) is 10.3. The molecule has 2 amide bonds. The number of amides is 2. The number of hydrogen-bond donors (Lipinski definition) is 3. The van der Waals surface area contributed by atoms with E-state index < -0.39 is 12.1 Å². The van der Waals surface area contributed by atoms with E-state index in [0.717, 1.165) is 0 Å². The van der Waals surface area contributed by atoms with Gasteiger partial charge >= 0.3 is 5.97 Å². The van der Waals surface area contributed by atoms with Crippen molar-refractivity contribution in [1.82, 2.24) is 10.3 Å². The molecule has 8 nitrogen and oxygen atoms in total. The molecule has 0 fully saturated rings. The third-order valence-corrected chi connectivity index (χ3v) is 3.50. The van der Waals surface area contributed by atoms with E-state index in [4.69, 9.17) is 9.84 Å². The van der Waals surface area contributed by atoms with Crippen LogP contribution >= 0.6 is 11.3 Å². The molecule has 0 spiro atoms. The van der Waals surface area contributed by atoms with Crippen LogP contribution in [-0.4, -0.2) is 47.6 Å². The van der Waals surface area contributed by atoms with Gasteiger partial charge in [-0.15, -0.1) is 11.3 Å². The number of aliphatic carboxylic acids is 1. The molecule has 1 unspecified atom stereocenters. The Kier molecular flexibility index (Phi) is 6.93. The number of ether oxygens (including phenoxy) is 1. The summed E-state index contributed by atoms with van der Waals surface area (Å²) in [6.45, 7) is 3.42. The van der Waals surface area contributed by atoms with E-state index in [1.807, 2.05) is 0 Å². The zero-order valence-corrected chi connectivity index (χ0v) is 13.4. The van der Waals surface area contributed by atoms with E-state index in [-0.39, 0.29) is 30.7 Å². The summed E-state index contributed by atoms with van der Waals surface area (Å²) in [5.41, 5.74) is 0.505. The van der Waals surface area contributed by atoms with E-state index >= 15 is 0 Å². The second kappa shape index (κ2) is 8.44. The van der Waals surface area contributed by atoms with Crippen LogP contribution in [-0.2, 0) is 25.5 Å². The number of methoxy groups -OCH3 is 1. The summed E-state index contributed by atoms with van der Waals surface area (Å²) in [7, 11) is 1.26. The lowest BCUT2D eigenvalue weighted by atomic mass is 10.2. The second-order valence-corrected chi connectivity index (χ2v) is 5.69. The minimum atomic E-state index is -1.14. The fourth-order valence-corrected chi connectivity index (χ4v) is 2.11. The molecule has 0 aliphatic heterocycles. The van der Waals surface area contributed by atoms with E-state index in [1.54, 1.807) is 19.2 Å². The van der Waals surface area contributed by atoms with Crippen LogP contribution < -0.4 is 10.6 Å². The van der Waals surface area contributed by atoms with Gasteiger partial charge in [0.1, 0.15) is 0 Å². The van der Waals surface area contributed by atoms with Gasteiger partial charge in [-0.1, -0.05) is 13.8 Å². The highest BCUT2D eigenvalue weighted by Crippen LogP contribution is 2.16. The highest BCUT2D eigenvalue weighted by Gasteiger charge is 2.18. The minimum Gasteiger partial charge on any atom is -0.479 e. The van der Waals surface area contributed by atoms with Gasteiger partial charge in [0.05, 0.1) is 18.7 Å². The predicted molar refractivity (Wildman–Crippen MR) is 80.7 cm³/mol. The first-order valence-electron chi connectivity index (χ1n) is 6.61. The summed E-state index contributed by atoms with van der Waals surface area (Å²) < 4.78 is 4.71. The van der Waals surface area contributed by atoms with Gasteiger partial charge in [0.25, 0.3) is 0 Å². The van der Waals surface area contributed by atoms with Crippen LogP contribution in [0.5, 0.6) is 0 Å². The fourth-order valence-electron chi connectivity index (χ4n) is 1.40. The standard InChI is InChI=1S/C13H19N3O5S/c1-7(2)11(18)16-13-15-8(6-22-13)4-10(17)14-5-9(21-3)12(19)20/h6-7,9H,4-5H2,1-3H3,(H,14,17)(H,19,20)(H,15,16,18). The van der Waals surface area contributed by atoms with Crippen molar-refractivity contribution in [3.05, 3.63) is 11.1 Å². The largest absolute Gasteiger partial charge is 0.479 e. The van der Waals surface area contributed by atoms with Crippen LogP contribution in [0.4, 0.5) is 5.13 Å².